The quantitative estimate of drug-likeness (QED) is 0.731. The Morgan fingerprint density at radius 2 is 1.57 bits per heavy atom. The van der Waals surface area contributed by atoms with Crippen LogP contribution in [0.4, 0.5) is 4.79 Å². The minimum Gasteiger partial charge on any atom is -0.480 e. The van der Waals surface area contributed by atoms with E-state index in [4.69, 9.17) is 9.84 Å². The Kier molecular flexibility index (Phi) is 6.40. The number of benzene rings is 2. The molecule has 158 valence electrons. The number of hydrogen-bond donors (Lipinski definition) is 2. The van der Waals surface area contributed by atoms with Crippen molar-refractivity contribution in [3.8, 4) is 11.1 Å². The van der Waals surface area contributed by atoms with Gasteiger partial charge in [0.15, 0.2) is 0 Å². The highest BCUT2D eigenvalue weighted by molar-refractivity contribution is 5.88. The fourth-order valence-electron chi connectivity index (χ4n) is 4.00. The van der Waals surface area contributed by atoms with E-state index in [9.17, 15) is 14.4 Å². The molecular weight excluding hydrogens is 384 g/mol. The van der Waals surface area contributed by atoms with Gasteiger partial charge in [0.05, 0.1) is 0 Å². The summed E-state index contributed by atoms with van der Waals surface area (Å²) in [4.78, 5) is 37.1. The van der Waals surface area contributed by atoms with Crippen molar-refractivity contribution in [1.29, 1.82) is 0 Å². The smallest absolute Gasteiger partial charge is 0.410 e. The average molecular weight is 410 g/mol. The molecule has 2 aromatic rings. The van der Waals surface area contributed by atoms with Crippen molar-refractivity contribution in [3.63, 3.8) is 0 Å². The first-order chi connectivity index (χ1) is 14.3. The molecule has 30 heavy (non-hydrogen) atoms. The van der Waals surface area contributed by atoms with Gasteiger partial charge in [0.2, 0.25) is 5.91 Å². The first-order valence-corrected chi connectivity index (χ1v) is 9.88. The van der Waals surface area contributed by atoms with E-state index in [1.165, 1.54) is 11.9 Å². The molecule has 1 aliphatic rings. The van der Waals surface area contributed by atoms with Crippen LogP contribution >= 0.6 is 0 Å². The molecule has 0 bridgehead atoms. The van der Waals surface area contributed by atoms with Crippen LogP contribution in [0.25, 0.3) is 11.1 Å². The highest BCUT2D eigenvalue weighted by Crippen LogP contribution is 2.44. The molecule has 3 rings (SSSR count). The van der Waals surface area contributed by atoms with Gasteiger partial charge in [-0.2, -0.15) is 0 Å². The molecule has 0 spiro atoms. The molecular formula is C23H26N2O5. The zero-order valence-electron chi connectivity index (χ0n) is 17.3. The third-order valence-electron chi connectivity index (χ3n) is 5.36. The summed E-state index contributed by atoms with van der Waals surface area (Å²) in [6, 6.07) is 15.3. The molecule has 0 radical (unpaired) electrons. The average Bonchev–Trinajstić information content (AvgIpc) is 3.04. The Bertz CT molecular complexity index is 911. The zero-order chi connectivity index (χ0) is 21.8. The predicted octanol–water partition coefficient (Wildman–Crippen LogP) is 3.09. The number of carboxylic acid groups (broad SMARTS) is 1. The highest BCUT2D eigenvalue weighted by atomic mass is 16.6. The van der Waals surface area contributed by atoms with Gasteiger partial charge in [-0.1, -0.05) is 62.4 Å². The van der Waals surface area contributed by atoms with Gasteiger partial charge < -0.3 is 15.2 Å². The zero-order valence-corrected chi connectivity index (χ0v) is 17.3. The Labute approximate surface area is 175 Å². The Morgan fingerprint density at radius 1 is 1.03 bits per heavy atom. The number of carboxylic acids is 1. The van der Waals surface area contributed by atoms with E-state index in [0.717, 1.165) is 22.3 Å². The number of aliphatic carboxylic acids is 1. The van der Waals surface area contributed by atoms with Gasteiger partial charge in [-0.3, -0.25) is 14.5 Å². The number of nitrogens with zero attached hydrogens (tertiary/aromatic N) is 1. The molecule has 7 heteroatoms. The molecule has 0 fully saturated rings. The third kappa shape index (κ3) is 4.30. The number of likely N-dealkylation sites (N-methyl/N-ethyl adjacent to an activating group) is 1. The number of ether oxygens (including phenoxy) is 1. The largest absolute Gasteiger partial charge is 0.480 e. The second-order valence-corrected chi connectivity index (χ2v) is 7.72. The van der Waals surface area contributed by atoms with Crippen molar-refractivity contribution in [2.75, 3.05) is 20.2 Å². The van der Waals surface area contributed by atoms with Gasteiger partial charge in [0.1, 0.15) is 19.2 Å². The van der Waals surface area contributed by atoms with Crippen LogP contribution in [0, 0.1) is 5.92 Å². The van der Waals surface area contributed by atoms with Crippen LogP contribution in [-0.2, 0) is 14.3 Å². The Balaban J connectivity index is 1.71. The lowest BCUT2D eigenvalue weighted by atomic mass is 9.98. The summed E-state index contributed by atoms with van der Waals surface area (Å²) in [5, 5.41) is 11.1. The minimum absolute atomic E-state index is 0.0758. The summed E-state index contributed by atoms with van der Waals surface area (Å²) >= 11 is 0. The van der Waals surface area contributed by atoms with E-state index in [1.54, 1.807) is 13.8 Å². The van der Waals surface area contributed by atoms with Gasteiger partial charge >= 0.3 is 12.1 Å². The molecule has 0 unspecified atom stereocenters. The first-order valence-electron chi connectivity index (χ1n) is 9.88. The SMILES string of the molecule is CC(C)[C@@H](C(=O)NCC(=O)O)N(C)C(=O)OCC1c2ccccc2-c2ccccc21. The van der Waals surface area contributed by atoms with Crippen molar-refractivity contribution >= 4 is 18.0 Å². The van der Waals surface area contributed by atoms with E-state index >= 15 is 0 Å². The van der Waals surface area contributed by atoms with Gasteiger partial charge in [0, 0.05) is 13.0 Å². The van der Waals surface area contributed by atoms with Crippen LogP contribution in [0.5, 0.6) is 0 Å². The van der Waals surface area contributed by atoms with Crippen LogP contribution in [0.3, 0.4) is 0 Å². The number of amides is 2. The normalized spacial score (nSPS) is 13.3. The molecule has 0 saturated heterocycles. The van der Waals surface area contributed by atoms with Crippen LogP contribution < -0.4 is 5.32 Å². The minimum atomic E-state index is -1.14. The van der Waals surface area contributed by atoms with Crippen LogP contribution in [-0.4, -0.2) is 54.2 Å². The van der Waals surface area contributed by atoms with E-state index < -0.39 is 30.6 Å². The molecule has 1 atom stereocenters. The van der Waals surface area contributed by atoms with Crippen LogP contribution in [0.2, 0.25) is 0 Å². The summed E-state index contributed by atoms with van der Waals surface area (Å²) in [5.41, 5.74) is 4.48. The van der Waals surface area contributed by atoms with Crippen molar-refractivity contribution < 1.29 is 24.2 Å². The van der Waals surface area contributed by atoms with E-state index in [-0.39, 0.29) is 18.4 Å². The molecule has 1 aliphatic carbocycles. The van der Waals surface area contributed by atoms with Gasteiger partial charge in [-0.15, -0.1) is 0 Å². The van der Waals surface area contributed by atoms with Crippen molar-refractivity contribution in [2.24, 2.45) is 5.92 Å². The van der Waals surface area contributed by atoms with Crippen molar-refractivity contribution in [1.82, 2.24) is 10.2 Å². The fourth-order valence-corrected chi connectivity index (χ4v) is 4.00. The van der Waals surface area contributed by atoms with Gasteiger partial charge in [0.25, 0.3) is 0 Å². The third-order valence-corrected chi connectivity index (χ3v) is 5.36. The number of carbonyl (C=O) groups is 3. The Hall–Kier alpha value is -3.35. The second kappa shape index (κ2) is 8.98. The first kappa shape index (κ1) is 21.4. The number of carbonyl (C=O) groups excluding carboxylic acids is 2. The molecule has 2 N–H and O–H groups in total. The summed E-state index contributed by atoms with van der Waals surface area (Å²) in [6.45, 7) is 3.23. The standard InChI is InChI=1S/C23H26N2O5/c1-14(2)21(22(28)24-12-20(26)27)25(3)23(29)30-13-19-17-10-6-4-8-15(17)16-9-5-7-11-18(16)19/h4-11,14,19,21H,12-13H2,1-3H3,(H,24,28)(H,26,27)/t21-/m0/s1. The summed E-state index contributed by atoms with van der Waals surface area (Å²) in [6.07, 6.45) is -0.624. The number of hydrogen-bond acceptors (Lipinski definition) is 4. The topological polar surface area (TPSA) is 95.9 Å². The number of fused-ring (bicyclic) bond motifs is 3. The van der Waals surface area contributed by atoms with E-state index in [2.05, 4.69) is 17.4 Å². The number of rotatable bonds is 7. The lowest BCUT2D eigenvalue weighted by Crippen LogP contribution is -2.51. The highest BCUT2D eigenvalue weighted by Gasteiger charge is 2.33. The van der Waals surface area contributed by atoms with Gasteiger partial charge in [-0.05, 0) is 28.2 Å². The number of nitrogens with one attached hydrogen (secondary N) is 1. The molecule has 7 nitrogen and oxygen atoms in total. The van der Waals surface area contributed by atoms with Crippen LogP contribution in [0.1, 0.15) is 30.9 Å². The summed E-state index contributed by atoms with van der Waals surface area (Å²) in [7, 11) is 1.49. The maximum atomic E-state index is 12.7. The van der Waals surface area contributed by atoms with Crippen LogP contribution in [0.15, 0.2) is 48.5 Å². The monoisotopic (exact) mass is 410 g/mol. The molecule has 0 saturated carbocycles. The predicted molar refractivity (Wildman–Crippen MR) is 112 cm³/mol. The second-order valence-electron chi connectivity index (χ2n) is 7.72. The molecule has 0 heterocycles. The van der Waals surface area contributed by atoms with E-state index in [0.29, 0.717) is 0 Å². The lowest BCUT2D eigenvalue weighted by molar-refractivity contribution is -0.139. The molecule has 2 aromatic carbocycles. The van der Waals surface area contributed by atoms with Gasteiger partial charge in [-0.25, -0.2) is 4.79 Å². The van der Waals surface area contributed by atoms with Crippen molar-refractivity contribution in [2.45, 2.75) is 25.8 Å². The maximum Gasteiger partial charge on any atom is 0.410 e. The summed E-state index contributed by atoms with van der Waals surface area (Å²) < 4.78 is 5.60. The Morgan fingerprint density at radius 3 is 2.07 bits per heavy atom. The fraction of sp³-hybridized carbons (Fsp3) is 0.348. The molecule has 2 amide bonds. The lowest BCUT2D eigenvalue weighted by Gasteiger charge is -2.29. The van der Waals surface area contributed by atoms with E-state index in [1.807, 2.05) is 36.4 Å². The summed E-state index contributed by atoms with van der Waals surface area (Å²) in [5.74, 6) is -1.96. The maximum absolute atomic E-state index is 12.7. The molecule has 0 aliphatic heterocycles. The molecule has 0 aromatic heterocycles. The van der Waals surface area contributed by atoms with Crippen molar-refractivity contribution in [3.05, 3.63) is 59.7 Å².